The number of nitro groups is 1. The van der Waals surface area contributed by atoms with Crippen LogP contribution in [0.25, 0.3) is 0 Å². The lowest BCUT2D eigenvalue weighted by Gasteiger charge is -2.07. The van der Waals surface area contributed by atoms with Crippen molar-refractivity contribution in [2.24, 2.45) is 0 Å². The number of nitrogens with two attached hydrogens (primary N) is 1. The van der Waals surface area contributed by atoms with Gasteiger partial charge in [-0.15, -0.1) is 0 Å². The molecule has 1 aromatic carbocycles. The predicted molar refractivity (Wildman–Crippen MR) is 69.7 cm³/mol. The molecule has 0 bridgehead atoms. The Hall–Kier alpha value is -2.70. The largest absolute Gasteiger partial charge is 0.383 e. The van der Waals surface area contributed by atoms with Crippen LogP contribution in [0.15, 0.2) is 30.3 Å². The second-order valence-corrected chi connectivity index (χ2v) is 3.98. The topological polar surface area (TPSA) is 94.1 Å². The average Bonchev–Trinajstić information content (AvgIpc) is 2.33. The van der Waals surface area contributed by atoms with Gasteiger partial charge < -0.3 is 11.1 Å². The minimum atomic E-state index is -0.570. The molecule has 0 amide bonds. The number of aryl methyl sites for hydroxylation is 1. The Labute approximate surface area is 108 Å². The molecule has 19 heavy (non-hydrogen) atoms. The van der Waals surface area contributed by atoms with Crippen LogP contribution in [0.4, 0.5) is 27.4 Å². The lowest BCUT2D eigenvalue weighted by atomic mass is 10.2. The molecule has 2 rings (SSSR count). The van der Waals surface area contributed by atoms with Crippen LogP contribution in [0.2, 0.25) is 0 Å². The Kier molecular flexibility index (Phi) is 3.28. The van der Waals surface area contributed by atoms with Gasteiger partial charge >= 0.3 is 0 Å². The summed E-state index contributed by atoms with van der Waals surface area (Å²) in [5.74, 6) is -0.164. The van der Waals surface area contributed by atoms with Gasteiger partial charge in [-0.25, -0.2) is 9.37 Å². The Bertz CT molecular complexity index is 646. The maximum Gasteiger partial charge on any atom is 0.276 e. The fourth-order valence-electron chi connectivity index (χ4n) is 1.52. The first kappa shape index (κ1) is 12.7. The number of halogens is 1. The van der Waals surface area contributed by atoms with Crippen molar-refractivity contribution in [2.45, 2.75) is 6.92 Å². The number of anilines is 3. The highest BCUT2D eigenvalue weighted by atomic mass is 19.1. The van der Waals surface area contributed by atoms with Gasteiger partial charge in [0.05, 0.1) is 17.1 Å². The second kappa shape index (κ2) is 4.89. The predicted octanol–water partition coefficient (Wildman–Crippen LogP) is 2.76. The molecule has 3 N–H and O–H groups in total. The summed E-state index contributed by atoms with van der Waals surface area (Å²) in [5.41, 5.74) is 6.25. The number of nitrogen functional groups attached to an aromatic ring is 1. The molecule has 2 aromatic rings. The van der Waals surface area contributed by atoms with E-state index in [1.165, 1.54) is 12.1 Å². The summed E-state index contributed by atoms with van der Waals surface area (Å²) in [7, 11) is 0. The summed E-state index contributed by atoms with van der Waals surface area (Å²) in [6.07, 6.45) is 0. The smallest absolute Gasteiger partial charge is 0.276 e. The first-order chi connectivity index (χ1) is 8.95. The lowest BCUT2D eigenvalue weighted by molar-refractivity contribution is -0.384. The minimum Gasteiger partial charge on any atom is -0.383 e. The molecule has 0 aliphatic rings. The molecule has 98 valence electrons. The van der Waals surface area contributed by atoms with E-state index in [1.807, 2.05) is 0 Å². The standard InChI is InChI=1S/C12H11FN4O2/c1-7-2-3-8(4-10(7)13)15-12-6-9(17(18)19)5-11(14)16-12/h2-6H,1H3,(H3,14,15,16). The fraction of sp³-hybridized carbons (Fsp3) is 0.0833. The van der Waals surface area contributed by atoms with Gasteiger partial charge in [0, 0.05) is 5.69 Å². The Morgan fingerprint density at radius 2 is 2.11 bits per heavy atom. The first-order valence-corrected chi connectivity index (χ1v) is 5.41. The van der Waals surface area contributed by atoms with E-state index in [2.05, 4.69) is 10.3 Å². The molecule has 0 spiro atoms. The Morgan fingerprint density at radius 1 is 1.37 bits per heavy atom. The van der Waals surface area contributed by atoms with E-state index in [0.717, 1.165) is 6.07 Å². The van der Waals surface area contributed by atoms with Gasteiger partial charge in [0.25, 0.3) is 5.69 Å². The van der Waals surface area contributed by atoms with Crippen LogP contribution in [-0.2, 0) is 0 Å². The third-order valence-corrected chi connectivity index (χ3v) is 2.48. The molecule has 1 heterocycles. The summed E-state index contributed by atoms with van der Waals surface area (Å²) in [6.45, 7) is 1.64. The molecule has 0 aliphatic carbocycles. The van der Waals surface area contributed by atoms with Crippen molar-refractivity contribution in [1.29, 1.82) is 0 Å². The molecule has 0 aliphatic heterocycles. The SMILES string of the molecule is Cc1ccc(Nc2cc([N+](=O)[O-])cc(N)n2)cc1F. The van der Waals surface area contributed by atoms with Gasteiger partial charge in [0.2, 0.25) is 0 Å². The third kappa shape index (κ3) is 2.95. The molecular formula is C12H11FN4O2. The van der Waals surface area contributed by atoms with Crippen LogP contribution in [0, 0.1) is 22.9 Å². The molecule has 0 unspecified atom stereocenters. The zero-order valence-electron chi connectivity index (χ0n) is 10.1. The van der Waals surface area contributed by atoms with Crippen LogP contribution >= 0.6 is 0 Å². The molecule has 1 aromatic heterocycles. The molecule has 7 heteroatoms. The van der Waals surface area contributed by atoms with Crippen molar-refractivity contribution >= 4 is 23.0 Å². The normalized spacial score (nSPS) is 10.2. The van der Waals surface area contributed by atoms with E-state index >= 15 is 0 Å². The summed E-state index contributed by atoms with van der Waals surface area (Å²) in [6, 6.07) is 6.91. The number of rotatable bonds is 3. The Morgan fingerprint density at radius 3 is 2.74 bits per heavy atom. The first-order valence-electron chi connectivity index (χ1n) is 5.41. The van der Waals surface area contributed by atoms with E-state index < -0.39 is 4.92 Å². The zero-order chi connectivity index (χ0) is 14.0. The zero-order valence-corrected chi connectivity index (χ0v) is 10.1. The van der Waals surface area contributed by atoms with Crippen molar-refractivity contribution in [3.8, 4) is 0 Å². The van der Waals surface area contributed by atoms with Gasteiger partial charge in [-0.3, -0.25) is 10.1 Å². The average molecular weight is 262 g/mol. The molecule has 0 fully saturated rings. The molecule has 0 saturated heterocycles. The Balaban J connectivity index is 2.32. The number of nitrogens with one attached hydrogen (secondary N) is 1. The van der Waals surface area contributed by atoms with Gasteiger partial charge in [-0.1, -0.05) is 6.07 Å². The lowest BCUT2D eigenvalue weighted by Crippen LogP contribution is -2.00. The van der Waals surface area contributed by atoms with Crippen molar-refractivity contribution in [2.75, 3.05) is 11.1 Å². The van der Waals surface area contributed by atoms with Crippen LogP contribution < -0.4 is 11.1 Å². The summed E-state index contributed by atoms with van der Waals surface area (Å²) < 4.78 is 13.4. The van der Waals surface area contributed by atoms with Crippen LogP contribution in [0.1, 0.15) is 5.56 Å². The van der Waals surface area contributed by atoms with Crippen molar-refractivity contribution in [3.63, 3.8) is 0 Å². The van der Waals surface area contributed by atoms with E-state index in [9.17, 15) is 14.5 Å². The van der Waals surface area contributed by atoms with Gasteiger partial charge in [-0.05, 0) is 24.6 Å². The van der Waals surface area contributed by atoms with E-state index in [-0.39, 0.29) is 23.1 Å². The third-order valence-electron chi connectivity index (χ3n) is 2.48. The highest BCUT2D eigenvalue weighted by Crippen LogP contribution is 2.23. The quantitative estimate of drug-likeness (QED) is 0.655. The van der Waals surface area contributed by atoms with Crippen LogP contribution in [0.5, 0.6) is 0 Å². The minimum absolute atomic E-state index is 0.0179. The summed E-state index contributed by atoms with van der Waals surface area (Å²) in [5, 5.41) is 13.5. The van der Waals surface area contributed by atoms with Gasteiger partial charge in [-0.2, -0.15) is 0 Å². The fourth-order valence-corrected chi connectivity index (χ4v) is 1.52. The molecule has 0 atom stereocenters. The van der Waals surface area contributed by atoms with Crippen molar-refractivity contribution in [1.82, 2.24) is 4.98 Å². The molecule has 0 radical (unpaired) electrons. The van der Waals surface area contributed by atoms with Gasteiger partial charge in [0.15, 0.2) is 0 Å². The highest BCUT2D eigenvalue weighted by molar-refractivity contribution is 5.61. The number of nitrogens with zero attached hydrogens (tertiary/aromatic N) is 2. The number of pyridine rings is 1. The van der Waals surface area contributed by atoms with E-state index in [0.29, 0.717) is 11.3 Å². The maximum atomic E-state index is 13.4. The summed E-state index contributed by atoms with van der Waals surface area (Å²) in [4.78, 5) is 14.0. The number of hydrogen-bond acceptors (Lipinski definition) is 5. The monoisotopic (exact) mass is 262 g/mol. The number of aromatic nitrogens is 1. The molecule has 0 saturated carbocycles. The van der Waals surface area contributed by atoms with E-state index in [4.69, 9.17) is 5.73 Å². The molecular weight excluding hydrogens is 251 g/mol. The second-order valence-electron chi connectivity index (χ2n) is 3.98. The van der Waals surface area contributed by atoms with E-state index in [1.54, 1.807) is 19.1 Å². The van der Waals surface area contributed by atoms with Crippen molar-refractivity contribution in [3.05, 3.63) is 51.8 Å². The van der Waals surface area contributed by atoms with Crippen LogP contribution in [-0.4, -0.2) is 9.91 Å². The highest BCUT2D eigenvalue weighted by Gasteiger charge is 2.10. The van der Waals surface area contributed by atoms with Crippen molar-refractivity contribution < 1.29 is 9.31 Å². The maximum absolute atomic E-state index is 13.4. The summed E-state index contributed by atoms with van der Waals surface area (Å²) >= 11 is 0. The number of benzene rings is 1. The van der Waals surface area contributed by atoms with Gasteiger partial charge in [0.1, 0.15) is 17.5 Å². The van der Waals surface area contributed by atoms with Crippen LogP contribution in [0.3, 0.4) is 0 Å². The molecule has 6 nitrogen and oxygen atoms in total. The number of hydrogen-bond donors (Lipinski definition) is 2.